The van der Waals surface area contributed by atoms with Gasteiger partial charge in [-0.3, -0.25) is 12.2 Å². The third-order valence-electron chi connectivity index (χ3n) is 4.76. The number of allylic oxidation sites excluding steroid dienone is 8. The summed E-state index contributed by atoms with van der Waals surface area (Å²) in [5.41, 5.74) is 5.63. The Morgan fingerprint density at radius 1 is 0.778 bits per heavy atom. The second kappa shape index (κ2) is 18.2. The molecule has 2 N–H and O–H groups in total. The van der Waals surface area contributed by atoms with Crippen molar-refractivity contribution >= 4 is 5.43 Å². The zero-order valence-electron chi connectivity index (χ0n) is 22.6. The topological polar surface area (TPSA) is 40.5 Å². The number of benzene rings is 2. The molecule has 0 amide bonds. The Balaban J connectivity index is 0.000000433. The smallest absolute Gasteiger partial charge is 0.123 e. The molecule has 0 aliphatic heterocycles. The first kappa shape index (κ1) is 34.0. The SMILES string of the molecule is CC1=[C-]C(C)C(C)=C1.CC1=[C-]C(C)C=C1C.C[Si](C)=[Zr+2].Oc1ccc(F)cc1.Oc1ccc(F)cc1. The van der Waals surface area contributed by atoms with Gasteiger partial charge in [0.05, 0.1) is 0 Å². The van der Waals surface area contributed by atoms with Crippen molar-refractivity contribution in [3.8, 4) is 11.5 Å². The maximum absolute atomic E-state index is 12.0. The molecule has 2 aliphatic carbocycles. The van der Waals surface area contributed by atoms with Crippen molar-refractivity contribution in [1.29, 1.82) is 0 Å². The van der Waals surface area contributed by atoms with Crippen LogP contribution >= 0.6 is 0 Å². The number of phenolic OH excluding ortho intramolecular Hbond substituents is 2. The van der Waals surface area contributed by atoms with E-state index in [9.17, 15) is 8.78 Å². The van der Waals surface area contributed by atoms with Crippen molar-refractivity contribution < 1.29 is 42.3 Å². The van der Waals surface area contributed by atoms with Crippen molar-refractivity contribution in [2.24, 2.45) is 11.8 Å². The van der Waals surface area contributed by atoms with Crippen molar-refractivity contribution in [2.75, 3.05) is 0 Å². The first-order chi connectivity index (χ1) is 16.7. The fourth-order valence-electron chi connectivity index (χ4n) is 2.84. The fraction of sp³-hybridized carbons (Fsp3) is 0.333. The first-order valence-electron chi connectivity index (χ1n) is 11.7. The van der Waals surface area contributed by atoms with Gasteiger partial charge >= 0.3 is 41.9 Å². The van der Waals surface area contributed by atoms with Crippen LogP contribution in [0.1, 0.15) is 41.5 Å². The zero-order valence-corrected chi connectivity index (χ0v) is 26.0. The first-order valence-corrected chi connectivity index (χ1v) is 17.9. The van der Waals surface area contributed by atoms with Gasteiger partial charge in [-0.2, -0.15) is 11.6 Å². The summed E-state index contributed by atoms with van der Waals surface area (Å²) in [6.45, 7) is 17.4. The predicted octanol–water partition coefficient (Wildman–Crippen LogP) is 8.51. The van der Waals surface area contributed by atoms with Crippen LogP contribution in [0.15, 0.2) is 83.0 Å². The monoisotopic (exact) mass is 586 g/mol. The number of rotatable bonds is 0. The van der Waals surface area contributed by atoms with Crippen LogP contribution in [0.4, 0.5) is 8.78 Å². The van der Waals surface area contributed by atoms with Crippen LogP contribution in [0.5, 0.6) is 11.5 Å². The van der Waals surface area contributed by atoms with E-state index in [1.807, 2.05) is 0 Å². The van der Waals surface area contributed by atoms with E-state index in [0.717, 1.165) is 0 Å². The molecule has 0 spiro atoms. The van der Waals surface area contributed by atoms with E-state index in [2.05, 4.69) is 78.9 Å². The summed E-state index contributed by atoms with van der Waals surface area (Å²) < 4.78 is 24.0. The molecule has 192 valence electrons. The van der Waals surface area contributed by atoms with Crippen LogP contribution < -0.4 is 0 Å². The van der Waals surface area contributed by atoms with Gasteiger partial charge in [-0.05, 0) is 48.5 Å². The van der Waals surface area contributed by atoms with Gasteiger partial charge in [0.1, 0.15) is 23.1 Å². The second-order valence-corrected chi connectivity index (χ2v) is 18.2. The number of phenols is 2. The van der Waals surface area contributed by atoms with Gasteiger partial charge in [-0.15, -0.1) is 6.92 Å². The molecule has 2 nitrogen and oxygen atoms in total. The molecule has 36 heavy (non-hydrogen) atoms. The molecule has 0 radical (unpaired) electrons. The van der Waals surface area contributed by atoms with Crippen molar-refractivity contribution in [1.82, 2.24) is 0 Å². The number of aromatic hydroxyl groups is 2. The summed E-state index contributed by atoms with van der Waals surface area (Å²) in [5.74, 6) is 0.633. The molecular weight excluding hydrogens is 550 g/mol. The normalized spacial score (nSPS) is 17.1. The van der Waals surface area contributed by atoms with Gasteiger partial charge < -0.3 is 10.2 Å². The summed E-state index contributed by atoms with van der Waals surface area (Å²) >= 11 is 1.74. The Labute approximate surface area is 231 Å². The fourth-order valence-corrected chi connectivity index (χ4v) is 2.84. The molecule has 6 heteroatoms. The maximum atomic E-state index is 12.0. The van der Waals surface area contributed by atoms with E-state index in [1.165, 1.54) is 70.8 Å². The molecule has 2 unspecified atom stereocenters. The summed E-state index contributed by atoms with van der Waals surface area (Å²) in [6, 6.07) is 10.0. The van der Waals surface area contributed by atoms with Crippen molar-refractivity contribution in [3.05, 3.63) is 107 Å². The van der Waals surface area contributed by atoms with Gasteiger partial charge in [-0.1, -0.05) is 46.5 Å². The molecule has 0 aromatic heterocycles. The molecule has 0 heterocycles. The minimum atomic E-state index is -0.331. The van der Waals surface area contributed by atoms with Crippen LogP contribution in [0.2, 0.25) is 13.1 Å². The number of hydrogen-bond acceptors (Lipinski definition) is 2. The van der Waals surface area contributed by atoms with E-state index < -0.39 is 0 Å². The Hall–Kier alpha value is -2.04. The summed E-state index contributed by atoms with van der Waals surface area (Å²) in [5, 5.41) is 17.2. The second-order valence-electron chi connectivity index (χ2n) is 8.80. The van der Waals surface area contributed by atoms with Crippen LogP contribution in [-0.2, 0) is 23.3 Å². The molecule has 0 bridgehead atoms. The molecular formula is C30H38F2O2SiZr. The molecule has 2 aromatic carbocycles. The Bertz CT molecular complexity index is 962. The Morgan fingerprint density at radius 3 is 1.31 bits per heavy atom. The summed E-state index contributed by atoms with van der Waals surface area (Å²) in [7, 11) is 0. The maximum Gasteiger partial charge on any atom is 0.123 e. The predicted molar refractivity (Wildman–Crippen MR) is 144 cm³/mol. The number of halogens is 2. The van der Waals surface area contributed by atoms with E-state index in [1.54, 1.807) is 23.3 Å². The summed E-state index contributed by atoms with van der Waals surface area (Å²) in [4.78, 5) is 0. The minimum Gasteiger partial charge on any atom is -0.508 e. The average molecular weight is 588 g/mol. The van der Waals surface area contributed by atoms with E-state index in [-0.39, 0.29) is 28.6 Å². The molecule has 2 atom stereocenters. The van der Waals surface area contributed by atoms with Crippen molar-refractivity contribution in [2.45, 2.75) is 54.6 Å². The third-order valence-corrected chi connectivity index (χ3v) is 4.76. The molecule has 2 aliphatic rings. The Kier molecular flexibility index (Phi) is 17.2. The van der Waals surface area contributed by atoms with Gasteiger partial charge in [-0.25, -0.2) is 31.6 Å². The third kappa shape index (κ3) is 17.4. The van der Waals surface area contributed by atoms with Crippen LogP contribution in [0.25, 0.3) is 0 Å². The van der Waals surface area contributed by atoms with E-state index in [4.69, 9.17) is 10.2 Å². The van der Waals surface area contributed by atoms with Gasteiger partial charge in [0, 0.05) is 0 Å². The van der Waals surface area contributed by atoms with Crippen LogP contribution in [0.3, 0.4) is 0 Å². The largest absolute Gasteiger partial charge is 0.508 e. The number of hydrogen-bond donors (Lipinski definition) is 2. The average Bonchev–Trinajstić information content (AvgIpc) is 3.24. The van der Waals surface area contributed by atoms with E-state index in [0.29, 0.717) is 11.8 Å². The minimum absolute atomic E-state index is 0.0893. The van der Waals surface area contributed by atoms with Gasteiger partial charge in [0.15, 0.2) is 0 Å². The standard InChI is InChI=1S/2C8H11.2C6H5FO.C2H6Si.Zr/c2*1-6-4-7(2)8(3)5-6;2*7-5-1-3-6(8)4-2-5;1-3-2;/h4,8H,1-3H3;4,6H,1-3H3;2*1-4,8H;1-2H3;/q2*-1;;;;+2. The Morgan fingerprint density at radius 2 is 1.17 bits per heavy atom. The van der Waals surface area contributed by atoms with Gasteiger partial charge in [0.2, 0.25) is 0 Å². The molecule has 0 saturated heterocycles. The van der Waals surface area contributed by atoms with Crippen LogP contribution in [0, 0.1) is 35.6 Å². The quantitative estimate of drug-likeness (QED) is 0.240. The van der Waals surface area contributed by atoms with Gasteiger partial charge in [0.25, 0.3) is 0 Å². The molecule has 0 fully saturated rings. The molecule has 4 rings (SSSR count). The van der Waals surface area contributed by atoms with Crippen molar-refractivity contribution in [3.63, 3.8) is 0 Å². The molecule has 0 saturated carbocycles. The summed E-state index contributed by atoms with van der Waals surface area (Å²) in [6.07, 6.45) is 11.0. The zero-order chi connectivity index (χ0) is 27.8. The molecule has 2 aromatic rings. The van der Waals surface area contributed by atoms with E-state index >= 15 is 0 Å². The van der Waals surface area contributed by atoms with Crippen LogP contribution in [-0.4, -0.2) is 15.6 Å².